The summed E-state index contributed by atoms with van der Waals surface area (Å²) in [6, 6.07) is 3.15. The number of nitrogens with one attached hydrogen (secondary N) is 1. The monoisotopic (exact) mass is 222 g/mol. The maximum absolute atomic E-state index is 10.8. The van der Waals surface area contributed by atoms with Gasteiger partial charge >= 0.3 is 5.97 Å². The predicted molar refractivity (Wildman–Crippen MR) is 52.7 cm³/mol. The number of aromatic nitrogens is 1. The first-order valence-electron chi connectivity index (χ1n) is 4.67. The molecule has 0 spiro atoms. The highest BCUT2D eigenvalue weighted by atomic mass is 16.5. The zero-order valence-electron chi connectivity index (χ0n) is 8.34. The molecule has 2 aromatic heterocycles. The van der Waals surface area contributed by atoms with E-state index in [0.29, 0.717) is 24.6 Å². The Bertz CT molecular complexity index is 461. The van der Waals surface area contributed by atoms with E-state index < -0.39 is 5.97 Å². The van der Waals surface area contributed by atoms with Crippen molar-refractivity contribution in [3.63, 3.8) is 0 Å². The van der Waals surface area contributed by atoms with Crippen LogP contribution in [-0.4, -0.2) is 16.2 Å². The fourth-order valence-electron chi connectivity index (χ4n) is 1.30. The van der Waals surface area contributed by atoms with E-state index in [1.165, 1.54) is 12.3 Å². The Morgan fingerprint density at radius 1 is 1.44 bits per heavy atom. The SMILES string of the molecule is O=C(O)c1ccoc1CNCc1ccno1. The molecule has 0 saturated carbocycles. The topological polar surface area (TPSA) is 88.5 Å². The first-order valence-corrected chi connectivity index (χ1v) is 4.67. The smallest absolute Gasteiger partial charge is 0.339 e. The maximum atomic E-state index is 10.8. The minimum Gasteiger partial charge on any atom is -0.478 e. The van der Waals surface area contributed by atoms with Gasteiger partial charge in [0.25, 0.3) is 0 Å². The van der Waals surface area contributed by atoms with Crippen molar-refractivity contribution in [2.45, 2.75) is 13.1 Å². The van der Waals surface area contributed by atoms with E-state index in [1.54, 1.807) is 12.3 Å². The van der Waals surface area contributed by atoms with Crippen molar-refractivity contribution in [3.05, 3.63) is 41.7 Å². The van der Waals surface area contributed by atoms with Crippen LogP contribution < -0.4 is 5.32 Å². The summed E-state index contributed by atoms with van der Waals surface area (Å²) in [5.41, 5.74) is 0.171. The zero-order valence-corrected chi connectivity index (χ0v) is 8.34. The molecule has 0 saturated heterocycles. The van der Waals surface area contributed by atoms with Crippen LogP contribution in [0.5, 0.6) is 0 Å². The average molecular weight is 222 g/mol. The van der Waals surface area contributed by atoms with Crippen molar-refractivity contribution < 1.29 is 18.8 Å². The Morgan fingerprint density at radius 3 is 3.00 bits per heavy atom. The summed E-state index contributed by atoms with van der Waals surface area (Å²) in [4.78, 5) is 10.8. The van der Waals surface area contributed by atoms with E-state index in [0.717, 1.165) is 0 Å². The van der Waals surface area contributed by atoms with Crippen LogP contribution in [0, 0.1) is 0 Å². The van der Waals surface area contributed by atoms with Gasteiger partial charge in [-0.05, 0) is 6.07 Å². The summed E-state index contributed by atoms with van der Waals surface area (Å²) in [6.07, 6.45) is 2.90. The largest absolute Gasteiger partial charge is 0.478 e. The fraction of sp³-hybridized carbons (Fsp3) is 0.200. The van der Waals surface area contributed by atoms with E-state index in [4.69, 9.17) is 14.0 Å². The van der Waals surface area contributed by atoms with Crippen molar-refractivity contribution in [2.75, 3.05) is 0 Å². The van der Waals surface area contributed by atoms with Gasteiger partial charge in [-0.3, -0.25) is 0 Å². The average Bonchev–Trinajstić information content (AvgIpc) is 2.87. The van der Waals surface area contributed by atoms with E-state index >= 15 is 0 Å². The van der Waals surface area contributed by atoms with Crippen molar-refractivity contribution in [3.8, 4) is 0 Å². The molecule has 0 amide bonds. The predicted octanol–water partition coefficient (Wildman–Crippen LogP) is 1.26. The zero-order chi connectivity index (χ0) is 11.4. The summed E-state index contributed by atoms with van der Waals surface area (Å²) in [5.74, 6) is 0.0839. The number of carbonyl (C=O) groups is 1. The molecule has 0 atom stereocenters. The number of hydrogen-bond donors (Lipinski definition) is 2. The molecule has 0 aromatic carbocycles. The van der Waals surface area contributed by atoms with E-state index in [9.17, 15) is 4.79 Å². The number of hydrogen-bond acceptors (Lipinski definition) is 5. The van der Waals surface area contributed by atoms with Gasteiger partial charge in [0.15, 0.2) is 0 Å². The highest BCUT2D eigenvalue weighted by Gasteiger charge is 2.12. The highest BCUT2D eigenvalue weighted by molar-refractivity contribution is 5.88. The number of carboxylic acid groups (broad SMARTS) is 1. The molecule has 2 N–H and O–H groups in total. The highest BCUT2D eigenvalue weighted by Crippen LogP contribution is 2.10. The van der Waals surface area contributed by atoms with Gasteiger partial charge in [0.05, 0.1) is 25.5 Å². The third-order valence-electron chi connectivity index (χ3n) is 2.05. The molecule has 2 rings (SSSR count). The normalized spacial score (nSPS) is 10.5. The van der Waals surface area contributed by atoms with Crippen LogP contribution in [0.1, 0.15) is 21.9 Å². The maximum Gasteiger partial charge on any atom is 0.339 e. The van der Waals surface area contributed by atoms with Gasteiger partial charge in [0.1, 0.15) is 17.1 Å². The van der Waals surface area contributed by atoms with E-state index in [1.807, 2.05) is 0 Å². The van der Waals surface area contributed by atoms with Crippen LogP contribution in [-0.2, 0) is 13.1 Å². The number of rotatable bonds is 5. The molecule has 0 aliphatic rings. The van der Waals surface area contributed by atoms with Gasteiger partial charge in [-0.15, -0.1) is 0 Å². The van der Waals surface area contributed by atoms with Crippen molar-refractivity contribution in [1.29, 1.82) is 0 Å². The molecule has 0 radical (unpaired) electrons. The first-order chi connectivity index (χ1) is 7.77. The Morgan fingerprint density at radius 2 is 2.31 bits per heavy atom. The minimum atomic E-state index is -0.995. The molecule has 6 heteroatoms. The molecule has 0 bridgehead atoms. The van der Waals surface area contributed by atoms with E-state index in [2.05, 4.69) is 10.5 Å². The Labute approximate surface area is 90.8 Å². The molecule has 0 aliphatic heterocycles. The Hall–Kier alpha value is -2.08. The molecule has 0 aliphatic carbocycles. The summed E-state index contributed by atoms with van der Waals surface area (Å²) in [5, 5.41) is 15.4. The molecule has 0 unspecified atom stereocenters. The molecule has 6 nitrogen and oxygen atoms in total. The molecular formula is C10H10N2O4. The van der Waals surface area contributed by atoms with Gasteiger partial charge in [-0.25, -0.2) is 4.79 Å². The molecular weight excluding hydrogens is 212 g/mol. The molecule has 0 fully saturated rings. The second kappa shape index (κ2) is 4.63. The van der Waals surface area contributed by atoms with Crippen molar-refractivity contribution in [2.24, 2.45) is 0 Å². The van der Waals surface area contributed by atoms with E-state index in [-0.39, 0.29) is 5.56 Å². The lowest BCUT2D eigenvalue weighted by Crippen LogP contribution is -2.13. The molecule has 16 heavy (non-hydrogen) atoms. The second-order valence-corrected chi connectivity index (χ2v) is 3.14. The van der Waals surface area contributed by atoms with Crippen LogP contribution in [0.3, 0.4) is 0 Å². The fourth-order valence-corrected chi connectivity index (χ4v) is 1.30. The van der Waals surface area contributed by atoms with Crippen LogP contribution in [0.25, 0.3) is 0 Å². The van der Waals surface area contributed by atoms with Crippen LogP contribution in [0.2, 0.25) is 0 Å². The van der Waals surface area contributed by atoms with Gasteiger partial charge in [0.2, 0.25) is 0 Å². The lowest BCUT2D eigenvalue weighted by Gasteiger charge is -2.00. The summed E-state index contributed by atoms with van der Waals surface area (Å²) < 4.78 is 9.93. The number of furan rings is 1. The molecule has 2 heterocycles. The van der Waals surface area contributed by atoms with Gasteiger partial charge in [-0.2, -0.15) is 0 Å². The van der Waals surface area contributed by atoms with Crippen LogP contribution in [0.4, 0.5) is 0 Å². The Balaban J connectivity index is 1.90. The minimum absolute atomic E-state index is 0.171. The van der Waals surface area contributed by atoms with Crippen molar-refractivity contribution in [1.82, 2.24) is 10.5 Å². The third kappa shape index (κ3) is 2.29. The van der Waals surface area contributed by atoms with Crippen LogP contribution in [0.15, 0.2) is 33.5 Å². The standard InChI is InChI=1S/C10H10N2O4/c13-10(14)8-2-4-15-9(8)6-11-5-7-1-3-12-16-7/h1-4,11H,5-6H2,(H,13,14). The van der Waals surface area contributed by atoms with Gasteiger partial charge in [0, 0.05) is 6.07 Å². The number of carboxylic acids is 1. The summed E-state index contributed by atoms with van der Waals surface area (Å²) >= 11 is 0. The number of aromatic carboxylic acids is 1. The van der Waals surface area contributed by atoms with Crippen LogP contribution >= 0.6 is 0 Å². The second-order valence-electron chi connectivity index (χ2n) is 3.14. The first kappa shape index (κ1) is 10.4. The third-order valence-corrected chi connectivity index (χ3v) is 2.05. The quantitative estimate of drug-likeness (QED) is 0.791. The molecule has 84 valence electrons. The Kier molecular flexibility index (Phi) is 3.02. The summed E-state index contributed by atoms with van der Waals surface area (Å²) in [7, 11) is 0. The lowest BCUT2D eigenvalue weighted by atomic mass is 10.2. The molecule has 2 aromatic rings. The summed E-state index contributed by atoms with van der Waals surface area (Å²) in [6.45, 7) is 0.801. The lowest BCUT2D eigenvalue weighted by molar-refractivity contribution is 0.0694. The van der Waals surface area contributed by atoms with Crippen molar-refractivity contribution >= 4 is 5.97 Å². The number of nitrogens with zero attached hydrogens (tertiary/aromatic N) is 1. The van der Waals surface area contributed by atoms with Gasteiger partial charge < -0.3 is 19.4 Å². The van der Waals surface area contributed by atoms with Gasteiger partial charge in [-0.1, -0.05) is 5.16 Å².